The van der Waals surface area contributed by atoms with E-state index in [2.05, 4.69) is 58.9 Å². The lowest BCUT2D eigenvalue weighted by Gasteiger charge is -2.08. The molecule has 0 radical (unpaired) electrons. The van der Waals surface area contributed by atoms with Gasteiger partial charge in [-0.3, -0.25) is 0 Å². The van der Waals surface area contributed by atoms with Gasteiger partial charge in [-0.1, -0.05) is 95.9 Å². The Morgan fingerprint density at radius 2 is 1.34 bits per heavy atom. The van der Waals surface area contributed by atoms with Gasteiger partial charge in [0.15, 0.2) is 0 Å². The lowest BCUT2D eigenvalue weighted by Crippen LogP contribution is -1.98. The molecule has 0 aliphatic carbocycles. The number of carbonyl (C=O) groups is 1. The Labute approximate surface area is 200 Å². The fourth-order valence-electron chi connectivity index (χ4n) is 3.26. The summed E-state index contributed by atoms with van der Waals surface area (Å²) in [6.07, 6.45) is 15.9. The topological polar surface area (TPSA) is 35.5 Å². The van der Waals surface area contributed by atoms with Crippen molar-refractivity contribution in [3.63, 3.8) is 0 Å². The molecule has 1 aromatic rings. The summed E-state index contributed by atoms with van der Waals surface area (Å²) in [6, 6.07) is 8.36. The van der Waals surface area contributed by atoms with E-state index in [0.29, 0.717) is 5.92 Å². The Kier molecular flexibility index (Phi) is 28.7. The first-order valence-corrected chi connectivity index (χ1v) is 13.1. The van der Waals surface area contributed by atoms with Crippen LogP contribution in [0.5, 0.6) is 0 Å². The zero-order valence-corrected chi connectivity index (χ0v) is 22.3. The van der Waals surface area contributed by atoms with Crippen LogP contribution >= 0.6 is 0 Å². The normalized spacial score (nSPS) is 11.1. The number of benzene rings is 1. The highest BCUT2D eigenvalue weighted by Gasteiger charge is 2.03. The first kappa shape index (κ1) is 33.0. The average Bonchev–Trinajstić information content (AvgIpc) is 2.81. The van der Waals surface area contributed by atoms with Crippen molar-refractivity contribution in [3.8, 4) is 0 Å². The largest absolute Gasteiger partial charge is 0.385 e. The van der Waals surface area contributed by atoms with Gasteiger partial charge in [0, 0.05) is 33.4 Å². The molecule has 0 fully saturated rings. The zero-order chi connectivity index (χ0) is 24.3. The molecule has 1 unspecified atom stereocenters. The predicted molar refractivity (Wildman–Crippen MR) is 141 cm³/mol. The molecule has 0 N–H and O–H groups in total. The van der Waals surface area contributed by atoms with E-state index in [0.717, 1.165) is 38.9 Å². The molecule has 188 valence electrons. The van der Waals surface area contributed by atoms with E-state index >= 15 is 0 Å². The van der Waals surface area contributed by atoms with Gasteiger partial charge in [-0.25, -0.2) is 0 Å². The molecule has 0 spiro atoms. The number of hydrogen-bond acceptors (Lipinski definition) is 3. The molecule has 0 aromatic heterocycles. The Bertz CT molecular complexity index is 454. The lowest BCUT2D eigenvalue weighted by molar-refractivity contribution is -0.108. The standard InChI is InChI=1S/C12H26O2.C9H18O.C8H10/c1-3-14-12-10-8-6-4-5-7-9-11-13-2;1-3-5-6-9(4-2)7-8-10;1-7-5-3-4-6-8(7)2/h3-12H2,1-2H3;8-9H,3-7H2,1-2H3;3-6H,1-2H3. The van der Waals surface area contributed by atoms with E-state index in [1.54, 1.807) is 7.11 Å². The van der Waals surface area contributed by atoms with Gasteiger partial charge in [0.05, 0.1) is 0 Å². The molecule has 0 heterocycles. The van der Waals surface area contributed by atoms with Crippen LogP contribution in [-0.4, -0.2) is 33.2 Å². The van der Waals surface area contributed by atoms with Gasteiger partial charge in [-0.05, 0) is 50.7 Å². The van der Waals surface area contributed by atoms with Crippen LogP contribution in [0, 0.1) is 19.8 Å². The number of carbonyl (C=O) groups excluding carboxylic acids is 1. The van der Waals surface area contributed by atoms with E-state index < -0.39 is 0 Å². The maximum atomic E-state index is 10.1. The SMILES string of the molecule is CCCCC(CC)CC=O.CCOCCCCCCCCCOC.Cc1ccccc1C. The van der Waals surface area contributed by atoms with Crippen LogP contribution in [0.4, 0.5) is 0 Å². The van der Waals surface area contributed by atoms with Crippen LogP contribution in [-0.2, 0) is 14.3 Å². The molecule has 1 atom stereocenters. The van der Waals surface area contributed by atoms with E-state index in [1.807, 2.05) is 0 Å². The van der Waals surface area contributed by atoms with Gasteiger partial charge < -0.3 is 14.3 Å². The van der Waals surface area contributed by atoms with Crippen molar-refractivity contribution in [2.75, 3.05) is 26.9 Å². The molecule has 0 saturated heterocycles. The molecule has 0 amide bonds. The molecule has 0 saturated carbocycles. The second kappa shape index (κ2) is 27.8. The van der Waals surface area contributed by atoms with Crippen molar-refractivity contribution in [1.82, 2.24) is 0 Å². The second-order valence-corrected chi connectivity index (χ2v) is 8.57. The van der Waals surface area contributed by atoms with E-state index in [-0.39, 0.29) is 0 Å². The number of ether oxygens (including phenoxy) is 2. The van der Waals surface area contributed by atoms with Crippen molar-refractivity contribution < 1.29 is 14.3 Å². The first-order chi connectivity index (χ1) is 15.6. The minimum absolute atomic E-state index is 0.650. The predicted octanol–water partition coefficient (Wildman–Crippen LogP) is 8.50. The van der Waals surface area contributed by atoms with Crippen molar-refractivity contribution in [1.29, 1.82) is 0 Å². The number of aryl methyl sites for hydroxylation is 2. The monoisotopic (exact) mass is 450 g/mol. The molecular formula is C29H54O3. The van der Waals surface area contributed by atoms with Gasteiger partial charge in [0.25, 0.3) is 0 Å². The third-order valence-corrected chi connectivity index (χ3v) is 5.74. The van der Waals surface area contributed by atoms with Gasteiger partial charge in [0.2, 0.25) is 0 Å². The molecule has 3 heteroatoms. The summed E-state index contributed by atoms with van der Waals surface area (Å²) >= 11 is 0. The lowest BCUT2D eigenvalue weighted by atomic mass is 9.97. The van der Waals surface area contributed by atoms with Crippen LogP contribution in [0.1, 0.15) is 109 Å². The van der Waals surface area contributed by atoms with Crippen molar-refractivity contribution >= 4 is 6.29 Å². The van der Waals surface area contributed by atoms with E-state index in [1.165, 1.54) is 75.3 Å². The van der Waals surface area contributed by atoms with Gasteiger partial charge in [0.1, 0.15) is 6.29 Å². The Balaban J connectivity index is 0. The highest BCUT2D eigenvalue weighted by molar-refractivity contribution is 5.49. The third-order valence-electron chi connectivity index (χ3n) is 5.74. The van der Waals surface area contributed by atoms with Crippen LogP contribution in [0.3, 0.4) is 0 Å². The van der Waals surface area contributed by atoms with Crippen LogP contribution < -0.4 is 0 Å². The summed E-state index contributed by atoms with van der Waals surface area (Å²) < 4.78 is 10.3. The summed E-state index contributed by atoms with van der Waals surface area (Å²) in [7, 11) is 1.77. The molecule has 1 rings (SSSR count). The summed E-state index contributed by atoms with van der Waals surface area (Å²) in [5.41, 5.74) is 2.74. The number of hydrogen-bond donors (Lipinski definition) is 0. The smallest absolute Gasteiger partial charge is 0.120 e. The number of aldehydes is 1. The van der Waals surface area contributed by atoms with Gasteiger partial charge in [-0.15, -0.1) is 0 Å². The van der Waals surface area contributed by atoms with Gasteiger partial charge in [-0.2, -0.15) is 0 Å². The fraction of sp³-hybridized carbons (Fsp3) is 0.759. The highest BCUT2D eigenvalue weighted by atomic mass is 16.5. The highest BCUT2D eigenvalue weighted by Crippen LogP contribution is 2.14. The Morgan fingerprint density at radius 1 is 0.812 bits per heavy atom. The molecule has 3 nitrogen and oxygen atoms in total. The second-order valence-electron chi connectivity index (χ2n) is 8.57. The molecule has 0 aliphatic rings. The van der Waals surface area contributed by atoms with E-state index in [4.69, 9.17) is 9.47 Å². The summed E-state index contributed by atoms with van der Waals surface area (Å²) in [6.45, 7) is 13.4. The van der Waals surface area contributed by atoms with Crippen LogP contribution in [0.15, 0.2) is 24.3 Å². The minimum Gasteiger partial charge on any atom is -0.385 e. The van der Waals surface area contributed by atoms with Crippen molar-refractivity contribution in [3.05, 3.63) is 35.4 Å². The third kappa shape index (κ3) is 25.1. The molecular weight excluding hydrogens is 396 g/mol. The maximum Gasteiger partial charge on any atom is 0.120 e. The number of rotatable bonds is 17. The summed E-state index contributed by atoms with van der Waals surface area (Å²) in [5.74, 6) is 0.650. The Morgan fingerprint density at radius 3 is 1.75 bits per heavy atom. The number of unbranched alkanes of at least 4 members (excludes halogenated alkanes) is 7. The fourth-order valence-corrected chi connectivity index (χ4v) is 3.26. The molecule has 0 bridgehead atoms. The quantitative estimate of drug-likeness (QED) is 0.176. The van der Waals surface area contributed by atoms with Crippen molar-refractivity contribution in [2.45, 2.75) is 112 Å². The van der Waals surface area contributed by atoms with Crippen molar-refractivity contribution in [2.24, 2.45) is 5.92 Å². The minimum atomic E-state index is 0.650. The Hall–Kier alpha value is -1.19. The molecule has 1 aromatic carbocycles. The van der Waals surface area contributed by atoms with Crippen LogP contribution in [0.25, 0.3) is 0 Å². The van der Waals surface area contributed by atoms with Gasteiger partial charge >= 0.3 is 0 Å². The van der Waals surface area contributed by atoms with Crippen LogP contribution in [0.2, 0.25) is 0 Å². The zero-order valence-electron chi connectivity index (χ0n) is 22.3. The van der Waals surface area contributed by atoms with E-state index in [9.17, 15) is 4.79 Å². The number of methoxy groups -OCH3 is 1. The molecule has 0 aliphatic heterocycles. The molecule has 32 heavy (non-hydrogen) atoms. The average molecular weight is 451 g/mol. The maximum absolute atomic E-state index is 10.1. The first-order valence-electron chi connectivity index (χ1n) is 13.1. The summed E-state index contributed by atoms with van der Waals surface area (Å²) in [4.78, 5) is 10.1. The summed E-state index contributed by atoms with van der Waals surface area (Å²) in [5, 5.41) is 0.